The minimum atomic E-state index is -3.69. The molecule has 4 aromatic rings. The number of benzene rings is 2. The second-order valence-electron chi connectivity index (χ2n) is 6.96. The predicted molar refractivity (Wildman–Crippen MR) is 124 cm³/mol. The van der Waals surface area contributed by atoms with Crippen LogP contribution in [0.5, 0.6) is 0 Å². The zero-order valence-corrected chi connectivity index (χ0v) is 17.5. The molecule has 0 aliphatic carbocycles. The molecule has 0 saturated heterocycles. The molecule has 7 heteroatoms. The van der Waals surface area contributed by atoms with Crippen molar-refractivity contribution in [2.45, 2.75) is 11.3 Å². The molecule has 0 bridgehead atoms. The maximum Gasteiger partial charge on any atom is 0.267 e. The van der Waals surface area contributed by atoms with Gasteiger partial charge in [-0.3, -0.25) is 4.98 Å². The largest absolute Gasteiger partial charge is 0.397 e. The van der Waals surface area contributed by atoms with Crippen LogP contribution in [0.4, 0.5) is 11.4 Å². The third-order valence-corrected chi connectivity index (χ3v) is 6.44. The van der Waals surface area contributed by atoms with Crippen LogP contribution >= 0.6 is 0 Å². The fourth-order valence-corrected chi connectivity index (χ4v) is 4.42. The van der Waals surface area contributed by atoms with Crippen LogP contribution in [-0.4, -0.2) is 17.4 Å². The first-order valence-corrected chi connectivity index (χ1v) is 11.2. The van der Waals surface area contributed by atoms with E-state index in [9.17, 15) is 8.42 Å². The number of aromatic nitrogens is 2. The number of rotatable bonds is 7. The summed E-state index contributed by atoms with van der Waals surface area (Å²) in [5.41, 5.74) is 9.94. The van der Waals surface area contributed by atoms with Crippen LogP contribution in [0.1, 0.15) is 5.56 Å². The summed E-state index contributed by atoms with van der Waals surface area (Å²) in [6.45, 7) is 0. The summed E-state index contributed by atoms with van der Waals surface area (Å²) in [7, 11) is -3.69. The molecule has 6 nitrogen and oxygen atoms in total. The number of para-hydroxylation sites is 2. The van der Waals surface area contributed by atoms with Crippen LogP contribution in [0.3, 0.4) is 0 Å². The van der Waals surface area contributed by atoms with E-state index in [-0.39, 0.29) is 4.90 Å². The van der Waals surface area contributed by atoms with Gasteiger partial charge in [-0.05, 0) is 60.1 Å². The molecule has 0 spiro atoms. The minimum absolute atomic E-state index is 0.229. The van der Waals surface area contributed by atoms with Crippen LogP contribution in [0.25, 0.3) is 11.1 Å². The van der Waals surface area contributed by atoms with Crippen LogP contribution < -0.4 is 11.1 Å². The number of hydrogen-bond donors (Lipinski definition) is 2. The van der Waals surface area contributed by atoms with E-state index in [1.807, 2.05) is 48.5 Å². The molecule has 0 unspecified atom stereocenters. The number of hydrogen-bond acceptors (Lipinski definition) is 5. The average Bonchev–Trinajstić information content (AvgIpc) is 3.28. The van der Waals surface area contributed by atoms with Gasteiger partial charge in [0.05, 0.1) is 16.3 Å². The first-order valence-electron chi connectivity index (χ1n) is 9.73. The smallest absolute Gasteiger partial charge is 0.267 e. The molecule has 31 heavy (non-hydrogen) atoms. The highest BCUT2D eigenvalue weighted by Crippen LogP contribution is 2.23. The van der Waals surface area contributed by atoms with Crippen LogP contribution in [0.15, 0.2) is 109 Å². The van der Waals surface area contributed by atoms with Gasteiger partial charge >= 0.3 is 0 Å². The maximum atomic E-state index is 13.1. The van der Waals surface area contributed by atoms with E-state index in [1.165, 1.54) is 3.97 Å². The molecule has 2 aromatic heterocycles. The number of nitrogens with two attached hydrogens (primary N) is 1. The molecule has 0 atom stereocenters. The minimum Gasteiger partial charge on any atom is -0.397 e. The molecule has 0 amide bonds. The molecule has 3 N–H and O–H groups in total. The van der Waals surface area contributed by atoms with Crippen molar-refractivity contribution < 1.29 is 8.42 Å². The Morgan fingerprint density at radius 3 is 2.65 bits per heavy atom. The van der Waals surface area contributed by atoms with Gasteiger partial charge in [0.2, 0.25) is 0 Å². The third kappa shape index (κ3) is 4.67. The number of nitrogen functional groups attached to an aromatic ring is 1. The van der Waals surface area contributed by atoms with Gasteiger partial charge in [0.15, 0.2) is 0 Å². The Morgan fingerprint density at radius 2 is 1.84 bits per heavy atom. The van der Waals surface area contributed by atoms with E-state index in [4.69, 9.17) is 5.73 Å². The van der Waals surface area contributed by atoms with E-state index in [0.717, 1.165) is 22.4 Å². The molecule has 2 heterocycles. The summed E-state index contributed by atoms with van der Waals surface area (Å²) in [6.07, 6.45) is 10.9. The fourth-order valence-electron chi connectivity index (χ4n) is 3.15. The molecule has 0 aliphatic rings. The van der Waals surface area contributed by atoms with Gasteiger partial charge in [-0.25, -0.2) is 12.4 Å². The predicted octanol–water partition coefficient (Wildman–Crippen LogP) is 4.54. The Morgan fingerprint density at radius 1 is 1.00 bits per heavy atom. The lowest BCUT2D eigenvalue weighted by molar-refractivity contribution is 0.587. The maximum absolute atomic E-state index is 13.1. The fraction of sp³-hybridized carbons (Fsp3) is 0.0417. The van der Waals surface area contributed by atoms with Gasteiger partial charge < -0.3 is 11.1 Å². The topological polar surface area (TPSA) is 90.0 Å². The zero-order valence-electron chi connectivity index (χ0n) is 16.7. The number of nitrogens with zero attached hydrogens (tertiary/aromatic N) is 2. The van der Waals surface area contributed by atoms with Crippen LogP contribution in [-0.2, 0) is 16.4 Å². The highest BCUT2D eigenvalue weighted by atomic mass is 32.2. The lowest BCUT2D eigenvalue weighted by Gasteiger charge is -2.08. The van der Waals surface area contributed by atoms with Gasteiger partial charge in [-0.2, -0.15) is 0 Å². The molecule has 0 saturated carbocycles. The number of allylic oxidation sites excluding steroid dienone is 1. The highest BCUT2D eigenvalue weighted by molar-refractivity contribution is 7.90. The first-order chi connectivity index (χ1) is 15.0. The second-order valence-corrected chi connectivity index (χ2v) is 8.81. The van der Waals surface area contributed by atoms with E-state index in [0.29, 0.717) is 12.1 Å². The van der Waals surface area contributed by atoms with Crippen molar-refractivity contribution in [2.75, 3.05) is 11.1 Å². The monoisotopic (exact) mass is 430 g/mol. The van der Waals surface area contributed by atoms with Crippen molar-refractivity contribution in [1.29, 1.82) is 0 Å². The normalized spacial score (nSPS) is 11.6. The Hall–Kier alpha value is -3.84. The molecule has 2 aromatic carbocycles. The number of pyridine rings is 1. The van der Waals surface area contributed by atoms with Crippen molar-refractivity contribution in [3.63, 3.8) is 0 Å². The Balaban J connectivity index is 1.48. The molecule has 156 valence electrons. The second kappa shape index (κ2) is 8.89. The molecule has 0 radical (unpaired) electrons. The summed E-state index contributed by atoms with van der Waals surface area (Å²) in [5.74, 6) is 0. The van der Waals surface area contributed by atoms with Crippen molar-refractivity contribution in [3.8, 4) is 11.1 Å². The summed E-state index contributed by atoms with van der Waals surface area (Å²) >= 11 is 0. The molecule has 0 aliphatic heterocycles. The lowest BCUT2D eigenvalue weighted by atomic mass is 10.1. The molecular formula is C24H22N4O2S. The third-order valence-electron chi connectivity index (χ3n) is 4.80. The molecule has 0 fully saturated rings. The first kappa shape index (κ1) is 20.4. The molecule has 4 rings (SSSR count). The summed E-state index contributed by atoms with van der Waals surface area (Å²) < 4.78 is 27.4. The Kier molecular flexibility index (Phi) is 5.86. The summed E-state index contributed by atoms with van der Waals surface area (Å²) in [5, 5.41) is 3.13. The van der Waals surface area contributed by atoms with Crippen molar-refractivity contribution in [2.24, 2.45) is 0 Å². The zero-order chi connectivity index (χ0) is 21.7. The van der Waals surface area contributed by atoms with Gasteiger partial charge in [0.25, 0.3) is 10.0 Å². The van der Waals surface area contributed by atoms with E-state index < -0.39 is 10.0 Å². The van der Waals surface area contributed by atoms with Gasteiger partial charge in [-0.15, -0.1) is 0 Å². The van der Waals surface area contributed by atoms with Crippen molar-refractivity contribution in [1.82, 2.24) is 8.96 Å². The quantitative estimate of drug-likeness (QED) is 0.420. The molecular weight excluding hydrogens is 408 g/mol. The van der Waals surface area contributed by atoms with Crippen LogP contribution in [0.2, 0.25) is 0 Å². The standard InChI is InChI=1S/C24H22N4O2S/c25-23-10-1-2-11-24(23)27-14-4-6-19-12-15-28(18-19)31(29,30)22-9-3-7-20(16-22)21-8-5-13-26-17-21/h1-5,7-18,27H,6,25H2/b14-4+. The van der Waals surface area contributed by atoms with Gasteiger partial charge in [-0.1, -0.05) is 36.4 Å². The average molecular weight is 431 g/mol. The highest BCUT2D eigenvalue weighted by Gasteiger charge is 2.17. The van der Waals surface area contributed by atoms with Gasteiger partial charge in [0.1, 0.15) is 0 Å². The number of anilines is 2. The SMILES string of the molecule is Nc1ccccc1N/C=C/Cc1ccn(S(=O)(=O)c2cccc(-c3cccnc3)c2)c1. The van der Waals surface area contributed by atoms with Crippen molar-refractivity contribution in [3.05, 3.63) is 109 Å². The van der Waals surface area contributed by atoms with Crippen molar-refractivity contribution >= 4 is 21.4 Å². The van der Waals surface area contributed by atoms with E-state index in [1.54, 1.807) is 55.3 Å². The Bertz CT molecular complexity index is 1310. The van der Waals surface area contributed by atoms with Crippen LogP contribution in [0, 0.1) is 0 Å². The summed E-state index contributed by atoms with van der Waals surface area (Å²) in [6, 6.07) is 19.9. The lowest BCUT2D eigenvalue weighted by Crippen LogP contribution is -2.11. The Labute approximate surface area is 181 Å². The van der Waals surface area contributed by atoms with Gasteiger partial charge in [0, 0.05) is 30.4 Å². The number of nitrogens with one attached hydrogen (secondary N) is 1. The van der Waals surface area contributed by atoms with E-state index >= 15 is 0 Å². The summed E-state index contributed by atoms with van der Waals surface area (Å²) in [4.78, 5) is 4.33. The van der Waals surface area contributed by atoms with E-state index in [2.05, 4.69) is 10.3 Å².